The van der Waals surface area contributed by atoms with E-state index in [0.717, 1.165) is 0 Å². The molecule has 14 N–H and O–H groups in total. The standard InChI is InChI=1S/C24H42O21/c25-1-5-9(26)14(31)18(35)22(43-5)40-3-7-11(28)16(33)20(37)24(45-7)41-4-8-12(29)15(32)19(36)23(44-8)39-2-6-10(27)13(30)17(34)21(38)42-6/h5-38H,1-4H2/t5-,6-,7-,8-,9-,10-,11-,12+,13+,14+,15+,16+,17-,18-,19-,20-,21?,22-,23+,24+/m1/s1. The summed E-state index contributed by atoms with van der Waals surface area (Å²) in [5, 5.41) is 141. The average Bonchev–Trinajstić information content (AvgIpc) is 3.02. The first-order valence-electron chi connectivity index (χ1n) is 14.1. The second-order valence-corrected chi connectivity index (χ2v) is 11.3. The Morgan fingerprint density at radius 3 is 0.978 bits per heavy atom. The molecule has 0 aliphatic carbocycles. The fourth-order valence-corrected chi connectivity index (χ4v) is 5.23. The molecule has 0 aromatic heterocycles. The minimum Gasteiger partial charge on any atom is -0.394 e. The lowest BCUT2D eigenvalue weighted by molar-refractivity contribution is -0.346. The van der Waals surface area contributed by atoms with E-state index in [1.165, 1.54) is 0 Å². The maximum absolute atomic E-state index is 10.4. The lowest BCUT2D eigenvalue weighted by Crippen LogP contribution is -2.63. The lowest BCUT2D eigenvalue weighted by Gasteiger charge is -2.44. The van der Waals surface area contributed by atoms with Gasteiger partial charge in [-0.1, -0.05) is 0 Å². The molecule has 20 atom stereocenters. The van der Waals surface area contributed by atoms with Crippen LogP contribution in [0.3, 0.4) is 0 Å². The second-order valence-electron chi connectivity index (χ2n) is 11.3. The van der Waals surface area contributed by atoms with Crippen LogP contribution in [0.15, 0.2) is 0 Å². The van der Waals surface area contributed by atoms with E-state index in [0.29, 0.717) is 0 Å². The third-order valence-electron chi connectivity index (χ3n) is 8.15. The van der Waals surface area contributed by atoms with Crippen LogP contribution in [-0.2, 0) is 33.2 Å². The molecule has 4 saturated heterocycles. The fraction of sp³-hybridized carbons (Fsp3) is 1.00. The van der Waals surface area contributed by atoms with Gasteiger partial charge < -0.3 is 105 Å². The van der Waals surface area contributed by atoms with Crippen LogP contribution in [0, 0.1) is 0 Å². The predicted octanol–water partition coefficient (Wildman–Crippen LogP) is -9.75. The van der Waals surface area contributed by atoms with Crippen LogP contribution in [0.2, 0.25) is 0 Å². The van der Waals surface area contributed by atoms with Crippen molar-refractivity contribution >= 4 is 0 Å². The summed E-state index contributed by atoms with van der Waals surface area (Å²) in [5.41, 5.74) is 0. The van der Waals surface area contributed by atoms with Crippen molar-refractivity contribution in [3.63, 3.8) is 0 Å². The van der Waals surface area contributed by atoms with E-state index in [1.807, 2.05) is 0 Å². The molecular formula is C24H42O21. The number of ether oxygens (including phenoxy) is 7. The van der Waals surface area contributed by atoms with Gasteiger partial charge in [0.05, 0.1) is 26.4 Å². The highest BCUT2D eigenvalue weighted by Crippen LogP contribution is 2.29. The number of aliphatic hydroxyl groups excluding tert-OH is 14. The molecule has 0 amide bonds. The molecule has 0 saturated carbocycles. The van der Waals surface area contributed by atoms with Crippen molar-refractivity contribution in [1.29, 1.82) is 0 Å². The Labute approximate surface area is 254 Å². The smallest absolute Gasteiger partial charge is 0.186 e. The SMILES string of the molecule is OC[C@H]1O[C@@H](OC[C@H]2O[C@H](OC[C@H]3O[C@H](OC[C@H]4OC(O)[C@H](O)[C@@H](O)[C@@H]4O)[C@H](O)[C@@H](O)[C@H]3O)[C@H](O)[C@@H](O)[C@@H]2O)[C@H](O)[C@@H](O)[C@@H]1O. The fourth-order valence-electron chi connectivity index (χ4n) is 5.23. The number of rotatable bonds is 10. The molecule has 264 valence electrons. The van der Waals surface area contributed by atoms with Gasteiger partial charge in [0.25, 0.3) is 0 Å². The highest BCUT2D eigenvalue weighted by molar-refractivity contribution is 4.94. The van der Waals surface area contributed by atoms with Gasteiger partial charge in [-0.05, 0) is 0 Å². The summed E-state index contributed by atoms with van der Waals surface area (Å²) in [5.74, 6) is 0. The summed E-state index contributed by atoms with van der Waals surface area (Å²) in [4.78, 5) is 0. The molecule has 45 heavy (non-hydrogen) atoms. The van der Waals surface area contributed by atoms with Gasteiger partial charge in [-0.2, -0.15) is 0 Å². The van der Waals surface area contributed by atoms with Gasteiger partial charge >= 0.3 is 0 Å². The van der Waals surface area contributed by atoms with E-state index < -0.39 is 149 Å². The average molecular weight is 667 g/mol. The summed E-state index contributed by atoms with van der Waals surface area (Å²) in [7, 11) is 0. The highest BCUT2D eigenvalue weighted by atomic mass is 16.7. The molecule has 0 aromatic carbocycles. The summed E-state index contributed by atoms with van der Waals surface area (Å²) in [6.07, 6.45) is -34.1. The van der Waals surface area contributed by atoms with Gasteiger partial charge in [0.2, 0.25) is 0 Å². The first-order valence-corrected chi connectivity index (χ1v) is 14.1. The van der Waals surface area contributed by atoms with Gasteiger partial charge in [-0.3, -0.25) is 0 Å². The van der Waals surface area contributed by atoms with Crippen LogP contribution in [0.4, 0.5) is 0 Å². The van der Waals surface area contributed by atoms with E-state index in [9.17, 15) is 71.5 Å². The van der Waals surface area contributed by atoms with Crippen molar-refractivity contribution in [2.75, 3.05) is 26.4 Å². The monoisotopic (exact) mass is 666 g/mol. The summed E-state index contributed by atoms with van der Waals surface area (Å²) < 4.78 is 37.2. The molecule has 21 nitrogen and oxygen atoms in total. The normalized spacial score (nSPS) is 52.9. The summed E-state index contributed by atoms with van der Waals surface area (Å²) in [6, 6.07) is 0. The number of hydrogen-bond donors (Lipinski definition) is 14. The van der Waals surface area contributed by atoms with Gasteiger partial charge in [0, 0.05) is 0 Å². The maximum Gasteiger partial charge on any atom is 0.186 e. The molecule has 21 heteroatoms. The van der Waals surface area contributed by atoms with Crippen molar-refractivity contribution in [1.82, 2.24) is 0 Å². The molecule has 1 unspecified atom stereocenters. The Balaban J connectivity index is 1.33. The van der Waals surface area contributed by atoms with Gasteiger partial charge in [-0.25, -0.2) is 0 Å². The van der Waals surface area contributed by atoms with Gasteiger partial charge in [0.1, 0.15) is 97.7 Å². The topological polar surface area (TPSA) is 348 Å². The third kappa shape index (κ3) is 7.91. The largest absolute Gasteiger partial charge is 0.394 e. The van der Waals surface area contributed by atoms with E-state index in [2.05, 4.69) is 0 Å². The van der Waals surface area contributed by atoms with Crippen LogP contribution in [0.25, 0.3) is 0 Å². The molecule has 4 rings (SSSR count). The van der Waals surface area contributed by atoms with Crippen molar-refractivity contribution in [3.05, 3.63) is 0 Å². The van der Waals surface area contributed by atoms with Crippen LogP contribution in [0.5, 0.6) is 0 Å². The molecule has 0 radical (unpaired) electrons. The minimum atomic E-state index is -1.88. The van der Waals surface area contributed by atoms with E-state index >= 15 is 0 Å². The maximum atomic E-state index is 10.4. The highest BCUT2D eigenvalue weighted by Gasteiger charge is 2.50. The van der Waals surface area contributed by atoms with Crippen LogP contribution >= 0.6 is 0 Å². The van der Waals surface area contributed by atoms with Crippen LogP contribution in [0.1, 0.15) is 0 Å². The number of hydrogen-bond acceptors (Lipinski definition) is 21. The first-order chi connectivity index (χ1) is 21.2. The Morgan fingerprint density at radius 1 is 0.333 bits per heavy atom. The molecule has 4 aliphatic heterocycles. The molecule has 4 fully saturated rings. The third-order valence-corrected chi connectivity index (χ3v) is 8.15. The lowest BCUT2D eigenvalue weighted by atomic mass is 9.98. The Morgan fingerprint density at radius 2 is 0.622 bits per heavy atom. The van der Waals surface area contributed by atoms with Gasteiger partial charge in [0.15, 0.2) is 25.2 Å². The van der Waals surface area contributed by atoms with Gasteiger partial charge in [-0.15, -0.1) is 0 Å². The van der Waals surface area contributed by atoms with E-state index in [4.69, 9.17) is 33.2 Å². The molecule has 0 bridgehead atoms. The number of aliphatic hydroxyl groups is 14. The minimum absolute atomic E-state index is 0.633. The molecule has 4 heterocycles. The Kier molecular flexibility index (Phi) is 12.8. The van der Waals surface area contributed by atoms with Crippen molar-refractivity contribution in [2.24, 2.45) is 0 Å². The quantitative estimate of drug-likeness (QED) is 0.103. The summed E-state index contributed by atoms with van der Waals surface area (Å²) >= 11 is 0. The zero-order chi connectivity index (χ0) is 33.3. The first kappa shape index (κ1) is 37.0. The zero-order valence-electron chi connectivity index (χ0n) is 23.5. The predicted molar refractivity (Wildman–Crippen MR) is 134 cm³/mol. The summed E-state index contributed by atoms with van der Waals surface area (Å²) in [6.45, 7) is -2.67. The Hall–Kier alpha value is -0.840. The van der Waals surface area contributed by atoms with Crippen molar-refractivity contribution in [2.45, 2.75) is 123 Å². The van der Waals surface area contributed by atoms with Crippen LogP contribution < -0.4 is 0 Å². The Bertz CT molecular complexity index is 916. The van der Waals surface area contributed by atoms with Crippen LogP contribution in [-0.4, -0.2) is 221 Å². The molecule has 0 aromatic rings. The van der Waals surface area contributed by atoms with Crippen molar-refractivity contribution < 1.29 is 105 Å². The molecule has 0 spiro atoms. The molecule has 4 aliphatic rings. The molecular weight excluding hydrogens is 624 g/mol. The van der Waals surface area contributed by atoms with E-state index in [-0.39, 0.29) is 0 Å². The zero-order valence-corrected chi connectivity index (χ0v) is 23.5. The van der Waals surface area contributed by atoms with Crippen molar-refractivity contribution in [3.8, 4) is 0 Å². The van der Waals surface area contributed by atoms with E-state index in [1.54, 1.807) is 0 Å². The second kappa shape index (κ2) is 15.6.